The predicted octanol–water partition coefficient (Wildman–Crippen LogP) is 6.61. The fraction of sp³-hybridized carbons (Fsp3) is 0.214. The first-order valence-corrected chi connectivity index (χ1v) is 12.5. The third-order valence-electron chi connectivity index (χ3n) is 6.47. The van der Waals surface area contributed by atoms with Gasteiger partial charge in [-0.05, 0) is 55.0 Å². The molecule has 4 aromatic rings. The number of carboxylic acids is 1. The van der Waals surface area contributed by atoms with Gasteiger partial charge in [0.05, 0.1) is 46.8 Å². The maximum Gasteiger partial charge on any atom is 0.418 e. The zero-order chi connectivity index (χ0) is 28.6. The van der Waals surface area contributed by atoms with Crippen molar-refractivity contribution in [3.8, 4) is 33.8 Å². The fourth-order valence-corrected chi connectivity index (χ4v) is 4.59. The predicted molar refractivity (Wildman–Crippen MR) is 141 cm³/mol. The molecule has 1 fully saturated rings. The van der Waals surface area contributed by atoms with E-state index in [1.807, 2.05) is 13.0 Å². The van der Waals surface area contributed by atoms with Crippen LogP contribution in [0.25, 0.3) is 33.8 Å². The Balaban J connectivity index is 1.58. The quantitative estimate of drug-likeness (QED) is 0.269. The number of pyridine rings is 3. The van der Waals surface area contributed by atoms with Crippen LogP contribution in [-0.4, -0.2) is 51.8 Å². The normalized spacial score (nSPS) is 15.8. The van der Waals surface area contributed by atoms with E-state index in [1.54, 1.807) is 18.2 Å². The van der Waals surface area contributed by atoms with Crippen LogP contribution in [0.5, 0.6) is 0 Å². The molecule has 0 aliphatic carbocycles. The molecular weight excluding hydrogens is 552 g/mol. The summed E-state index contributed by atoms with van der Waals surface area (Å²) in [5.41, 5.74) is 0.0122. The average molecular weight is 573 g/mol. The van der Waals surface area contributed by atoms with Gasteiger partial charge in [-0.2, -0.15) is 13.2 Å². The number of hydrogen-bond acceptors (Lipinski definition) is 6. The molecule has 1 atom stereocenters. The number of aromatic carboxylic acids is 1. The van der Waals surface area contributed by atoms with E-state index < -0.39 is 34.8 Å². The SMILES string of the molecule is C[C@@H]1COCCN1c1cc(-c2ccc(-c3ncc(C(=O)O)cc3C(F)(F)F)nc2)cc(-c2ccc(F)c(Cl)c2)n1. The molecule has 40 heavy (non-hydrogen) atoms. The Bertz CT molecular complexity index is 1580. The number of ether oxygens (including phenoxy) is 1. The summed E-state index contributed by atoms with van der Waals surface area (Å²) in [4.78, 5) is 26.0. The van der Waals surface area contributed by atoms with E-state index in [4.69, 9.17) is 26.4 Å². The van der Waals surface area contributed by atoms with Gasteiger partial charge in [-0.25, -0.2) is 14.2 Å². The number of carbonyl (C=O) groups is 1. The van der Waals surface area contributed by atoms with E-state index in [2.05, 4.69) is 14.9 Å². The van der Waals surface area contributed by atoms with Gasteiger partial charge in [0.2, 0.25) is 0 Å². The summed E-state index contributed by atoms with van der Waals surface area (Å²) in [7, 11) is 0. The minimum atomic E-state index is -4.84. The number of hydrogen-bond donors (Lipinski definition) is 1. The van der Waals surface area contributed by atoms with Crippen molar-refractivity contribution in [1.29, 1.82) is 0 Å². The summed E-state index contributed by atoms with van der Waals surface area (Å²) >= 11 is 6.02. The molecule has 0 unspecified atom stereocenters. The summed E-state index contributed by atoms with van der Waals surface area (Å²) in [6, 6.07) is 11.4. The molecule has 5 rings (SSSR count). The molecule has 1 aliphatic heterocycles. The van der Waals surface area contributed by atoms with Crippen molar-refractivity contribution >= 4 is 23.4 Å². The third kappa shape index (κ3) is 5.61. The van der Waals surface area contributed by atoms with Gasteiger partial charge in [-0.3, -0.25) is 9.97 Å². The Morgan fingerprint density at radius 1 is 1.02 bits per heavy atom. The lowest BCUT2D eigenvalue weighted by Crippen LogP contribution is -2.44. The molecule has 1 aliphatic rings. The Labute approximate surface area is 231 Å². The van der Waals surface area contributed by atoms with E-state index >= 15 is 0 Å². The van der Waals surface area contributed by atoms with Gasteiger partial charge in [0, 0.05) is 30.1 Å². The minimum Gasteiger partial charge on any atom is -0.478 e. The van der Waals surface area contributed by atoms with Gasteiger partial charge < -0.3 is 14.7 Å². The van der Waals surface area contributed by atoms with Crippen molar-refractivity contribution in [2.24, 2.45) is 0 Å². The number of rotatable bonds is 5. The van der Waals surface area contributed by atoms with Crippen LogP contribution in [0.3, 0.4) is 0 Å². The molecule has 4 heterocycles. The largest absolute Gasteiger partial charge is 0.478 e. The number of nitrogens with zero attached hydrogens (tertiary/aromatic N) is 4. The van der Waals surface area contributed by atoms with Gasteiger partial charge in [-0.1, -0.05) is 17.7 Å². The Morgan fingerprint density at radius 3 is 2.45 bits per heavy atom. The van der Waals surface area contributed by atoms with Gasteiger partial charge in [0.25, 0.3) is 0 Å². The van der Waals surface area contributed by atoms with Crippen LogP contribution in [-0.2, 0) is 10.9 Å². The standard InChI is InChI=1S/C28H21ClF4N4O3/c1-15-14-40-7-6-37(15)25-11-18(10-24(36-25)16-2-4-22(30)21(29)9-16)17-3-5-23(34-12-17)26-20(28(31,32)33)8-19(13-35-26)27(38)39/h2-5,8-13,15H,6-7,14H2,1H3,(H,38,39)/t15-/m1/s1. The number of benzene rings is 1. The first-order chi connectivity index (χ1) is 19.0. The van der Waals surface area contributed by atoms with Gasteiger partial charge in [0.1, 0.15) is 17.3 Å². The van der Waals surface area contributed by atoms with Crippen LogP contribution in [0.1, 0.15) is 22.8 Å². The molecule has 0 spiro atoms. The van der Waals surface area contributed by atoms with Crippen LogP contribution >= 0.6 is 11.6 Å². The van der Waals surface area contributed by atoms with Crippen LogP contribution in [0.15, 0.2) is 60.9 Å². The smallest absolute Gasteiger partial charge is 0.418 e. The van der Waals surface area contributed by atoms with Crippen molar-refractivity contribution in [1.82, 2.24) is 15.0 Å². The summed E-state index contributed by atoms with van der Waals surface area (Å²) in [6.45, 7) is 3.62. The van der Waals surface area contributed by atoms with Gasteiger partial charge in [-0.15, -0.1) is 0 Å². The number of alkyl halides is 3. The van der Waals surface area contributed by atoms with Crippen LogP contribution in [0.2, 0.25) is 5.02 Å². The molecule has 0 bridgehead atoms. The zero-order valence-electron chi connectivity index (χ0n) is 20.9. The average Bonchev–Trinajstić information content (AvgIpc) is 2.94. The Hall–Kier alpha value is -4.09. The summed E-state index contributed by atoms with van der Waals surface area (Å²) in [5.74, 6) is -1.45. The molecule has 0 saturated carbocycles. The molecule has 7 nitrogen and oxygen atoms in total. The van der Waals surface area contributed by atoms with Crippen molar-refractivity contribution < 1.29 is 32.2 Å². The second-order valence-electron chi connectivity index (χ2n) is 9.20. The molecule has 0 radical (unpaired) electrons. The Morgan fingerprint density at radius 2 is 1.80 bits per heavy atom. The monoisotopic (exact) mass is 572 g/mol. The van der Waals surface area contributed by atoms with E-state index in [0.717, 1.165) is 6.20 Å². The molecule has 0 amide bonds. The van der Waals surface area contributed by atoms with E-state index in [9.17, 15) is 22.4 Å². The lowest BCUT2D eigenvalue weighted by molar-refractivity contribution is -0.137. The van der Waals surface area contributed by atoms with E-state index in [1.165, 1.54) is 24.4 Å². The minimum absolute atomic E-state index is 0.0299. The van der Waals surface area contributed by atoms with E-state index in [0.29, 0.717) is 54.0 Å². The highest BCUT2D eigenvalue weighted by molar-refractivity contribution is 6.31. The molecule has 1 aromatic carbocycles. The van der Waals surface area contributed by atoms with Gasteiger partial charge >= 0.3 is 12.1 Å². The Kier molecular flexibility index (Phi) is 7.43. The molecule has 206 valence electrons. The zero-order valence-corrected chi connectivity index (χ0v) is 21.7. The number of aromatic nitrogens is 3. The second-order valence-corrected chi connectivity index (χ2v) is 9.61. The van der Waals surface area contributed by atoms with Crippen molar-refractivity contribution in [2.45, 2.75) is 19.1 Å². The topological polar surface area (TPSA) is 88.4 Å². The highest BCUT2D eigenvalue weighted by atomic mass is 35.5. The number of halogens is 5. The van der Waals surface area contributed by atoms with Crippen molar-refractivity contribution in [2.75, 3.05) is 24.7 Å². The molecule has 3 aromatic heterocycles. The van der Waals surface area contributed by atoms with E-state index in [-0.39, 0.29) is 16.8 Å². The number of carboxylic acid groups (broad SMARTS) is 1. The summed E-state index contributed by atoms with van der Waals surface area (Å²) < 4.78 is 60.5. The maximum atomic E-state index is 13.8. The number of morpholine rings is 1. The lowest BCUT2D eigenvalue weighted by Gasteiger charge is -2.34. The third-order valence-corrected chi connectivity index (χ3v) is 6.76. The van der Waals surface area contributed by atoms with Crippen LogP contribution < -0.4 is 4.90 Å². The summed E-state index contributed by atoms with van der Waals surface area (Å²) in [5, 5.41) is 9.04. The highest BCUT2D eigenvalue weighted by Crippen LogP contribution is 2.37. The van der Waals surface area contributed by atoms with Crippen molar-refractivity contribution in [3.05, 3.63) is 82.9 Å². The molecule has 12 heteroatoms. The fourth-order valence-electron chi connectivity index (χ4n) is 4.41. The molecule has 1 saturated heterocycles. The van der Waals surface area contributed by atoms with Crippen molar-refractivity contribution in [3.63, 3.8) is 0 Å². The lowest BCUT2D eigenvalue weighted by atomic mass is 10.0. The highest BCUT2D eigenvalue weighted by Gasteiger charge is 2.36. The maximum absolute atomic E-state index is 13.8. The van der Waals surface area contributed by atoms with Crippen LogP contribution in [0, 0.1) is 5.82 Å². The summed E-state index contributed by atoms with van der Waals surface area (Å²) in [6.07, 6.45) is -2.57. The molecule has 1 N–H and O–H groups in total. The van der Waals surface area contributed by atoms with Gasteiger partial charge in [0.15, 0.2) is 0 Å². The second kappa shape index (κ2) is 10.8. The van der Waals surface area contributed by atoms with Crippen LogP contribution in [0.4, 0.5) is 23.4 Å². The molecular formula is C28H21ClF4N4O3. The first-order valence-electron chi connectivity index (χ1n) is 12.1. The first kappa shape index (κ1) is 27.5. The number of anilines is 1.